The molecule has 2 rings (SSSR count). The first-order valence-electron chi connectivity index (χ1n) is 6.36. The molecule has 0 aromatic carbocycles. The van der Waals surface area contributed by atoms with Crippen molar-refractivity contribution < 1.29 is 9.53 Å². The molecule has 5 heteroatoms. The highest BCUT2D eigenvalue weighted by Gasteiger charge is 2.18. The highest BCUT2D eigenvalue weighted by atomic mass is 16.5. The third kappa shape index (κ3) is 3.32. The van der Waals surface area contributed by atoms with E-state index in [1.807, 2.05) is 19.3 Å². The highest BCUT2D eigenvalue weighted by Crippen LogP contribution is 2.22. The lowest BCUT2D eigenvalue weighted by molar-refractivity contribution is 0.128. The van der Waals surface area contributed by atoms with Crippen molar-refractivity contribution in [3.8, 4) is 0 Å². The van der Waals surface area contributed by atoms with Crippen LogP contribution in [0, 0.1) is 0 Å². The van der Waals surface area contributed by atoms with Gasteiger partial charge in [-0.15, -0.1) is 0 Å². The molecular weight excluding hydrogens is 242 g/mol. The average molecular weight is 261 g/mol. The summed E-state index contributed by atoms with van der Waals surface area (Å²) in [5.74, 6) is 0. The first kappa shape index (κ1) is 13.5. The van der Waals surface area contributed by atoms with Gasteiger partial charge in [-0.25, -0.2) is 4.79 Å². The van der Waals surface area contributed by atoms with Crippen LogP contribution in [0.2, 0.25) is 0 Å². The lowest BCUT2D eigenvalue weighted by atomic mass is 10.0. The molecule has 1 amide bonds. The van der Waals surface area contributed by atoms with Crippen LogP contribution in [0.4, 0.5) is 4.79 Å². The molecule has 1 aliphatic heterocycles. The first-order valence-corrected chi connectivity index (χ1v) is 6.36. The van der Waals surface area contributed by atoms with Crippen molar-refractivity contribution in [1.29, 1.82) is 0 Å². The van der Waals surface area contributed by atoms with E-state index in [4.69, 9.17) is 4.74 Å². The Balaban J connectivity index is 2.03. The quantitative estimate of drug-likeness (QED) is 0.899. The molecule has 0 aliphatic carbocycles. The van der Waals surface area contributed by atoms with Gasteiger partial charge >= 0.3 is 6.09 Å². The minimum Gasteiger partial charge on any atom is -0.453 e. The van der Waals surface area contributed by atoms with Crippen molar-refractivity contribution in [3.63, 3.8) is 0 Å². The summed E-state index contributed by atoms with van der Waals surface area (Å²) in [5.41, 5.74) is 3.40. The lowest BCUT2D eigenvalue weighted by Gasteiger charge is -2.25. The molecule has 1 aromatic heterocycles. The molecule has 0 radical (unpaired) electrons. The number of methoxy groups -OCH3 is 1. The summed E-state index contributed by atoms with van der Waals surface area (Å²) in [7, 11) is 3.31. The molecule has 0 spiro atoms. The van der Waals surface area contributed by atoms with Crippen molar-refractivity contribution in [1.82, 2.24) is 15.2 Å². The number of aromatic nitrogens is 1. The Bertz CT molecular complexity index is 468. The summed E-state index contributed by atoms with van der Waals surface area (Å²) in [4.78, 5) is 17.5. The molecule has 0 saturated carbocycles. The Hall–Kier alpha value is -1.88. The third-order valence-electron chi connectivity index (χ3n) is 3.20. The van der Waals surface area contributed by atoms with Crippen molar-refractivity contribution in [2.24, 2.45) is 0 Å². The number of nitrogens with one attached hydrogen (secondary N) is 1. The number of carbonyl (C=O) groups is 1. The van der Waals surface area contributed by atoms with Gasteiger partial charge in [0.05, 0.1) is 12.8 Å². The van der Waals surface area contributed by atoms with Crippen molar-refractivity contribution in [3.05, 3.63) is 35.7 Å². The second kappa shape index (κ2) is 6.33. The van der Waals surface area contributed by atoms with Crippen LogP contribution in [0.5, 0.6) is 0 Å². The maximum Gasteiger partial charge on any atom is 0.409 e. The van der Waals surface area contributed by atoms with E-state index >= 15 is 0 Å². The molecule has 1 aromatic rings. The summed E-state index contributed by atoms with van der Waals surface area (Å²) in [6, 6.07) is 4.11. The van der Waals surface area contributed by atoms with Gasteiger partial charge < -0.3 is 15.0 Å². The zero-order valence-corrected chi connectivity index (χ0v) is 11.3. The number of hydrogen-bond acceptors (Lipinski definition) is 4. The number of carbonyl (C=O) groups excluding carboxylic acids is 1. The second-order valence-corrected chi connectivity index (χ2v) is 4.46. The predicted octanol–water partition coefficient (Wildman–Crippen LogP) is 1.66. The van der Waals surface area contributed by atoms with Crippen molar-refractivity contribution >= 4 is 11.7 Å². The van der Waals surface area contributed by atoms with E-state index in [1.165, 1.54) is 12.7 Å². The summed E-state index contributed by atoms with van der Waals surface area (Å²) in [6.07, 6.45) is 4.53. The standard InChI is InChI=1S/C14H19N3O2/c1-15-10-13-4-3-12(9-16-13)11-5-7-17(8-6-11)14(18)19-2/h3-5,9,15H,6-8,10H2,1-2H3. The number of ether oxygens (including phenoxy) is 1. The molecule has 0 atom stereocenters. The Morgan fingerprint density at radius 3 is 2.89 bits per heavy atom. The van der Waals surface area contributed by atoms with E-state index in [0.29, 0.717) is 13.1 Å². The molecule has 0 saturated heterocycles. The van der Waals surface area contributed by atoms with E-state index in [2.05, 4.69) is 22.4 Å². The van der Waals surface area contributed by atoms with Gasteiger partial charge in [0.15, 0.2) is 0 Å². The van der Waals surface area contributed by atoms with Crippen LogP contribution < -0.4 is 5.32 Å². The Morgan fingerprint density at radius 1 is 1.53 bits per heavy atom. The number of hydrogen-bond donors (Lipinski definition) is 1. The van der Waals surface area contributed by atoms with Gasteiger partial charge in [-0.3, -0.25) is 4.98 Å². The summed E-state index contributed by atoms with van der Waals surface area (Å²) in [6.45, 7) is 2.06. The highest BCUT2D eigenvalue weighted by molar-refractivity contribution is 5.72. The van der Waals surface area contributed by atoms with Gasteiger partial charge in [0.2, 0.25) is 0 Å². The van der Waals surface area contributed by atoms with Gasteiger partial charge in [-0.2, -0.15) is 0 Å². The van der Waals surface area contributed by atoms with E-state index in [9.17, 15) is 4.79 Å². The molecule has 5 nitrogen and oxygen atoms in total. The molecule has 1 aliphatic rings. The lowest BCUT2D eigenvalue weighted by Crippen LogP contribution is -2.34. The van der Waals surface area contributed by atoms with Gasteiger partial charge in [0, 0.05) is 25.8 Å². The summed E-state index contributed by atoms with van der Waals surface area (Å²) in [5, 5.41) is 3.07. The molecule has 102 valence electrons. The van der Waals surface area contributed by atoms with Gasteiger partial charge in [0.1, 0.15) is 0 Å². The molecule has 19 heavy (non-hydrogen) atoms. The van der Waals surface area contributed by atoms with Crippen LogP contribution in [0.3, 0.4) is 0 Å². The van der Waals surface area contributed by atoms with Crippen molar-refractivity contribution in [2.75, 3.05) is 27.2 Å². The van der Waals surface area contributed by atoms with Crippen LogP contribution in [-0.4, -0.2) is 43.2 Å². The van der Waals surface area contributed by atoms with Crippen LogP contribution in [0.1, 0.15) is 17.7 Å². The minimum absolute atomic E-state index is 0.266. The molecule has 0 bridgehead atoms. The summed E-state index contributed by atoms with van der Waals surface area (Å²) < 4.78 is 4.71. The topological polar surface area (TPSA) is 54.5 Å². The number of rotatable bonds is 3. The largest absolute Gasteiger partial charge is 0.453 e. The van der Waals surface area contributed by atoms with Crippen LogP contribution in [0.25, 0.3) is 5.57 Å². The van der Waals surface area contributed by atoms with Gasteiger partial charge in [0.25, 0.3) is 0 Å². The minimum atomic E-state index is -0.266. The van der Waals surface area contributed by atoms with Gasteiger partial charge in [-0.1, -0.05) is 12.1 Å². The van der Waals surface area contributed by atoms with E-state index in [0.717, 1.165) is 24.2 Å². The first-order chi connectivity index (χ1) is 9.24. The predicted molar refractivity (Wildman–Crippen MR) is 73.6 cm³/mol. The fraction of sp³-hybridized carbons (Fsp3) is 0.429. The SMILES string of the molecule is CNCc1ccc(C2=CCN(C(=O)OC)CC2)cn1. The summed E-state index contributed by atoms with van der Waals surface area (Å²) >= 11 is 0. The normalized spacial score (nSPS) is 15.1. The molecule has 0 fully saturated rings. The Morgan fingerprint density at radius 2 is 2.37 bits per heavy atom. The average Bonchev–Trinajstić information content (AvgIpc) is 2.48. The molecule has 2 heterocycles. The molecular formula is C14H19N3O2. The zero-order chi connectivity index (χ0) is 13.7. The number of pyridine rings is 1. The van der Waals surface area contributed by atoms with Crippen LogP contribution in [-0.2, 0) is 11.3 Å². The number of amides is 1. The number of nitrogens with zero attached hydrogens (tertiary/aromatic N) is 2. The van der Waals surface area contributed by atoms with E-state index in [1.54, 1.807) is 4.90 Å². The van der Waals surface area contributed by atoms with Crippen LogP contribution >= 0.6 is 0 Å². The molecule has 1 N–H and O–H groups in total. The fourth-order valence-electron chi connectivity index (χ4n) is 2.13. The third-order valence-corrected chi connectivity index (χ3v) is 3.20. The van der Waals surface area contributed by atoms with E-state index < -0.39 is 0 Å². The second-order valence-electron chi connectivity index (χ2n) is 4.46. The smallest absolute Gasteiger partial charge is 0.409 e. The molecule has 0 unspecified atom stereocenters. The monoisotopic (exact) mass is 261 g/mol. The zero-order valence-electron chi connectivity index (χ0n) is 11.3. The van der Waals surface area contributed by atoms with Gasteiger partial charge in [-0.05, 0) is 30.7 Å². The Labute approximate surface area is 113 Å². The van der Waals surface area contributed by atoms with E-state index in [-0.39, 0.29) is 6.09 Å². The Kier molecular flexibility index (Phi) is 4.52. The fourth-order valence-corrected chi connectivity index (χ4v) is 2.13. The van der Waals surface area contributed by atoms with Crippen molar-refractivity contribution in [2.45, 2.75) is 13.0 Å². The maximum atomic E-state index is 11.4. The maximum absolute atomic E-state index is 11.4. The van der Waals surface area contributed by atoms with Crippen LogP contribution in [0.15, 0.2) is 24.4 Å².